The maximum Gasteiger partial charge on any atom is 0.133 e. The van der Waals surface area contributed by atoms with E-state index in [1.807, 2.05) is 17.9 Å². The molecule has 2 heterocycles. The molecule has 0 spiro atoms. The van der Waals surface area contributed by atoms with E-state index in [-0.39, 0.29) is 0 Å². The summed E-state index contributed by atoms with van der Waals surface area (Å²) in [4.78, 5) is 8.88. The first-order chi connectivity index (χ1) is 9.75. The van der Waals surface area contributed by atoms with Crippen LogP contribution in [-0.2, 0) is 26.4 Å². The van der Waals surface area contributed by atoms with Crippen molar-refractivity contribution in [3.8, 4) is 0 Å². The predicted molar refractivity (Wildman–Crippen MR) is 78.6 cm³/mol. The standard InChI is InChI=1S/C15H21N5/c1-11-12(9-19-20(11)2)8-16-15-13-6-4-3-5-7-14(13)17-10-18-15/h9-10H,3-8H2,1-2H3,(H,16,17,18). The summed E-state index contributed by atoms with van der Waals surface area (Å²) in [6.45, 7) is 2.85. The highest BCUT2D eigenvalue weighted by atomic mass is 15.3. The van der Waals surface area contributed by atoms with Gasteiger partial charge in [0.2, 0.25) is 0 Å². The number of aromatic nitrogens is 4. The van der Waals surface area contributed by atoms with Crippen molar-refractivity contribution in [3.63, 3.8) is 0 Å². The van der Waals surface area contributed by atoms with Crippen molar-refractivity contribution in [1.29, 1.82) is 0 Å². The second-order valence-corrected chi connectivity index (χ2v) is 5.44. The lowest BCUT2D eigenvalue weighted by Crippen LogP contribution is -2.08. The third kappa shape index (κ3) is 2.53. The van der Waals surface area contributed by atoms with Crippen LogP contribution >= 0.6 is 0 Å². The van der Waals surface area contributed by atoms with Gasteiger partial charge in [-0.25, -0.2) is 9.97 Å². The monoisotopic (exact) mass is 271 g/mol. The molecule has 0 unspecified atom stereocenters. The summed E-state index contributed by atoms with van der Waals surface area (Å²) in [6, 6.07) is 0. The van der Waals surface area contributed by atoms with Gasteiger partial charge in [-0.05, 0) is 32.6 Å². The van der Waals surface area contributed by atoms with Crippen LogP contribution in [0.15, 0.2) is 12.5 Å². The van der Waals surface area contributed by atoms with Crippen LogP contribution in [0.2, 0.25) is 0 Å². The molecule has 20 heavy (non-hydrogen) atoms. The van der Waals surface area contributed by atoms with Crippen molar-refractivity contribution in [1.82, 2.24) is 19.7 Å². The first-order valence-corrected chi connectivity index (χ1v) is 7.30. The van der Waals surface area contributed by atoms with E-state index in [0.717, 1.165) is 25.2 Å². The van der Waals surface area contributed by atoms with E-state index in [1.165, 1.54) is 41.8 Å². The van der Waals surface area contributed by atoms with E-state index in [4.69, 9.17) is 0 Å². The number of aryl methyl sites for hydroxylation is 2. The van der Waals surface area contributed by atoms with Gasteiger partial charge in [-0.1, -0.05) is 6.42 Å². The topological polar surface area (TPSA) is 55.6 Å². The lowest BCUT2D eigenvalue weighted by molar-refractivity contribution is 0.708. The minimum atomic E-state index is 0.767. The number of rotatable bonds is 3. The normalized spacial score (nSPS) is 14.7. The molecule has 2 aromatic rings. The maximum absolute atomic E-state index is 4.45. The van der Waals surface area contributed by atoms with E-state index >= 15 is 0 Å². The molecule has 5 heteroatoms. The second kappa shape index (κ2) is 5.61. The van der Waals surface area contributed by atoms with Crippen LogP contribution < -0.4 is 5.32 Å². The van der Waals surface area contributed by atoms with Gasteiger partial charge in [0.1, 0.15) is 12.1 Å². The summed E-state index contributed by atoms with van der Waals surface area (Å²) in [7, 11) is 1.97. The molecule has 0 bridgehead atoms. The van der Waals surface area contributed by atoms with Gasteiger partial charge in [-0.15, -0.1) is 0 Å². The molecule has 0 aromatic carbocycles. The van der Waals surface area contributed by atoms with Crippen molar-refractivity contribution in [2.45, 2.75) is 45.6 Å². The lowest BCUT2D eigenvalue weighted by atomic mass is 10.1. The number of hydrogen-bond donors (Lipinski definition) is 1. The number of fused-ring (bicyclic) bond motifs is 1. The van der Waals surface area contributed by atoms with Crippen molar-refractivity contribution in [2.24, 2.45) is 7.05 Å². The molecule has 3 rings (SSSR count). The van der Waals surface area contributed by atoms with Crippen molar-refractivity contribution in [3.05, 3.63) is 35.0 Å². The molecule has 1 aliphatic rings. The molecule has 106 valence electrons. The number of anilines is 1. The fourth-order valence-corrected chi connectivity index (χ4v) is 2.75. The molecular weight excluding hydrogens is 250 g/mol. The quantitative estimate of drug-likeness (QED) is 0.871. The van der Waals surface area contributed by atoms with Crippen LogP contribution in [-0.4, -0.2) is 19.7 Å². The SMILES string of the molecule is Cc1c(CNc2ncnc3c2CCCCC3)cnn1C. The van der Waals surface area contributed by atoms with Crippen molar-refractivity contribution < 1.29 is 0 Å². The Balaban J connectivity index is 1.79. The smallest absolute Gasteiger partial charge is 0.133 e. The Morgan fingerprint density at radius 2 is 2.05 bits per heavy atom. The molecule has 0 amide bonds. The molecule has 0 fully saturated rings. The van der Waals surface area contributed by atoms with Gasteiger partial charge in [-0.2, -0.15) is 5.10 Å². The summed E-state index contributed by atoms with van der Waals surface area (Å²) >= 11 is 0. The Labute approximate surface area is 119 Å². The number of hydrogen-bond acceptors (Lipinski definition) is 4. The van der Waals surface area contributed by atoms with Crippen LogP contribution in [0.25, 0.3) is 0 Å². The van der Waals surface area contributed by atoms with E-state index < -0.39 is 0 Å². The molecule has 1 N–H and O–H groups in total. The van der Waals surface area contributed by atoms with Gasteiger partial charge in [0.05, 0.1) is 6.20 Å². The van der Waals surface area contributed by atoms with Gasteiger partial charge >= 0.3 is 0 Å². The molecule has 5 nitrogen and oxygen atoms in total. The summed E-state index contributed by atoms with van der Waals surface area (Å²) < 4.78 is 1.90. The fraction of sp³-hybridized carbons (Fsp3) is 0.533. The molecule has 1 aliphatic carbocycles. The second-order valence-electron chi connectivity index (χ2n) is 5.44. The van der Waals surface area contributed by atoms with E-state index in [1.54, 1.807) is 6.33 Å². The lowest BCUT2D eigenvalue weighted by Gasteiger charge is -2.12. The first-order valence-electron chi connectivity index (χ1n) is 7.30. The summed E-state index contributed by atoms with van der Waals surface area (Å²) in [6.07, 6.45) is 9.54. The molecule has 0 aliphatic heterocycles. The zero-order valence-corrected chi connectivity index (χ0v) is 12.2. The highest BCUT2D eigenvalue weighted by Gasteiger charge is 2.14. The average Bonchev–Trinajstić information content (AvgIpc) is 2.69. The molecule has 2 aromatic heterocycles. The highest BCUT2D eigenvalue weighted by molar-refractivity contribution is 5.47. The zero-order valence-electron chi connectivity index (χ0n) is 12.2. The first kappa shape index (κ1) is 13.1. The van der Waals surface area contributed by atoms with Crippen LogP contribution in [0.1, 0.15) is 41.8 Å². The number of nitrogens with zero attached hydrogens (tertiary/aromatic N) is 4. The minimum Gasteiger partial charge on any atom is -0.366 e. The third-order valence-electron chi connectivity index (χ3n) is 4.16. The van der Waals surface area contributed by atoms with Gasteiger partial charge in [0.25, 0.3) is 0 Å². The van der Waals surface area contributed by atoms with Crippen LogP contribution in [0.3, 0.4) is 0 Å². The zero-order chi connectivity index (χ0) is 13.9. The minimum absolute atomic E-state index is 0.767. The summed E-state index contributed by atoms with van der Waals surface area (Å²) in [5.74, 6) is 1.00. The Kier molecular flexibility index (Phi) is 3.67. The summed E-state index contributed by atoms with van der Waals surface area (Å²) in [5.41, 5.74) is 4.94. The summed E-state index contributed by atoms with van der Waals surface area (Å²) in [5, 5.41) is 7.74. The molecule has 0 saturated carbocycles. The van der Waals surface area contributed by atoms with E-state index in [0.29, 0.717) is 0 Å². The Morgan fingerprint density at radius 3 is 2.85 bits per heavy atom. The Bertz CT molecular complexity index is 602. The van der Waals surface area contributed by atoms with Crippen molar-refractivity contribution >= 4 is 5.82 Å². The molecule has 0 saturated heterocycles. The van der Waals surface area contributed by atoms with Gasteiger partial charge in [-0.3, -0.25) is 4.68 Å². The highest BCUT2D eigenvalue weighted by Crippen LogP contribution is 2.24. The van der Waals surface area contributed by atoms with Gasteiger partial charge < -0.3 is 5.32 Å². The van der Waals surface area contributed by atoms with Crippen LogP contribution in [0, 0.1) is 6.92 Å². The maximum atomic E-state index is 4.45. The van der Waals surface area contributed by atoms with Gasteiger partial charge in [0, 0.05) is 36.1 Å². The van der Waals surface area contributed by atoms with E-state index in [2.05, 4.69) is 27.3 Å². The van der Waals surface area contributed by atoms with Gasteiger partial charge in [0.15, 0.2) is 0 Å². The Hall–Kier alpha value is -1.91. The Morgan fingerprint density at radius 1 is 1.20 bits per heavy atom. The molecular formula is C15H21N5. The van der Waals surface area contributed by atoms with E-state index in [9.17, 15) is 0 Å². The van der Waals surface area contributed by atoms with Crippen LogP contribution in [0.5, 0.6) is 0 Å². The fourth-order valence-electron chi connectivity index (χ4n) is 2.75. The van der Waals surface area contributed by atoms with Crippen LogP contribution in [0.4, 0.5) is 5.82 Å². The third-order valence-corrected chi connectivity index (χ3v) is 4.16. The number of nitrogens with one attached hydrogen (secondary N) is 1. The molecule has 0 radical (unpaired) electrons. The predicted octanol–water partition coefficient (Wildman–Crippen LogP) is 2.40. The van der Waals surface area contributed by atoms with Crippen molar-refractivity contribution in [2.75, 3.05) is 5.32 Å². The average molecular weight is 271 g/mol. The molecule has 0 atom stereocenters. The largest absolute Gasteiger partial charge is 0.366 e.